The number of rotatable bonds is 4. The summed E-state index contributed by atoms with van der Waals surface area (Å²) in [6.07, 6.45) is 8.50. The lowest BCUT2D eigenvalue weighted by Gasteiger charge is -2.19. The topological polar surface area (TPSA) is 12.0 Å². The van der Waals surface area contributed by atoms with Crippen LogP contribution in [-0.2, 0) is 0 Å². The lowest BCUT2D eigenvalue weighted by atomic mass is 10.1. The van der Waals surface area contributed by atoms with Crippen LogP contribution in [0.15, 0.2) is 17.5 Å². The third-order valence-corrected chi connectivity index (χ3v) is 4.70. The van der Waals surface area contributed by atoms with Crippen molar-refractivity contribution in [1.82, 2.24) is 5.32 Å². The van der Waals surface area contributed by atoms with Crippen LogP contribution in [0.5, 0.6) is 0 Å². The van der Waals surface area contributed by atoms with Gasteiger partial charge in [0.2, 0.25) is 0 Å². The second kappa shape index (κ2) is 6.41. The summed E-state index contributed by atoms with van der Waals surface area (Å²) in [5.74, 6) is 0.670. The van der Waals surface area contributed by atoms with Crippen molar-refractivity contribution in [2.45, 2.75) is 57.4 Å². The van der Waals surface area contributed by atoms with Crippen LogP contribution in [-0.4, -0.2) is 12.6 Å². The molecule has 1 fully saturated rings. The first-order valence-electron chi connectivity index (χ1n) is 6.63. The van der Waals surface area contributed by atoms with Gasteiger partial charge in [0.1, 0.15) is 0 Å². The molecule has 1 aliphatic rings. The minimum absolute atomic E-state index is 0.670. The molecule has 16 heavy (non-hydrogen) atoms. The lowest BCUT2D eigenvalue weighted by molar-refractivity contribution is 0.447. The van der Waals surface area contributed by atoms with Gasteiger partial charge in [0.05, 0.1) is 0 Å². The number of hydrogen-bond donors (Lipinski definition) is 1. The Morgan fingerprint density at radius 1 is 1.31 bits per heavy atom. The van der Waals surface area contributed by atoms with E-state index in [1.807, 2.05) is 11.3 Å². The second-order valence-electron chi connectivity index (χ2n) is 5.01. The smallest absolute Gasteiger partial charge is 0.00860 e. The van der Waals surface area contributed by atoms with Crippen LogP contribution in [0.2, 0.25) is 0 Å². The maximum Gasteiger partial charge on any atom is 0.00860 e. The van der Waals surface area contributed by atoms with Gasteiger partial charge in [0, 0.05) is 23.4 Å². The van der Waals surface area contributed by atoms with Crippen LogP contribution in [0, 0.1) is 0 Å². The van der Waals surface area contributed by atoms with Crippen molar-refractivity contribution in [1.29, 1.82) is 0 Å². The molecule has 1 aromatic heterocycles. The summed E-state index contributed by atoms with van der Waals surface area (Å²) in [6, 6.07) is 5.19. The predicted octanol–water partition coefficient (Wildman–Crippen LogP) is 4.16. The molecule has 1 aromatic rings. The molecule has 0 radical (unpaired) electrons. The zero-order chi connectivity index (χ0) is 11.2. The monoisotopic (exact) mass is 237 g/mol. The number of nitrogens with one attached hydrogen (secondary N) is 1. The van der Waals surface area contributed by atoms with Crippen LogP contribution >= 0.6 is 11.3 Å². The normalized spacial score (nSPS) is 20.6. The van der Waals surface area contributed by atoms with Crippen LogP contribution in [0.4, 0.5) is 0 Å². The van der Waals surface area contributed by atoms with Gasteiger partial charge in [-0.3, -0.25) is 0 Å². The van der Waals surface area contributed by atoms with Crippen molar-refractivity contribution in [3.8, 4) is 0 Å². The van der Waals surface area contributed by atoms with Crippen molar-refractivity contribution < 1.29 is 0 Å². The summed E-state index contributed by atoms with van der Waals surface area (Å²) < 4.78 is 0. The van der Waals surface area contributed by atoms with E-state index in [0.29, 0.717) is 5.92 Å². The SMILES string of the molecule is CC(CNC1CCCCCC1)c1cccs1. The van der Waals surface area contributed by atoms with Gasteiger partial charge in [-0.2, -0.15) is 0 Å². The first-order valence-corrected chi connectivity index (χ1v) is 7.51. The molecular weight excluding hydrogens is 214 g/mol. The Hall–Kier alpha value is -0.340. The molecule has 1 unspecified atom stereocenters. The van der Waals surface area contributed by atoms with Gasteiger partial charge in [0.15, 0.2) is 0 Å². The van der Waals surface area contributed by atoms with Crippen LogP contribution in [0.25, 0.3) is 0 Å². The third-order valence-electron chi connectivity index (χ3n) is 3.60. The zero-order valence-corrected chi connectivity index (χ0v) is 11.1. The van der Waals surface area contributed by atoms with Gasteiger partial charge in [-0.1, -0.05) is 38.7 Å². The van der Waals surface area contributed by atoms with Gasteiger partial charge < -0.3 is 5.32 Å². The van der Waals surface area contributed by atoms with Gasteiger partial charge in [-0.15, -0.1) is 11.3 Å². The van der Waals surface area contributed by atoms with Crippen molar-refractivity contribution in [2.75, 3.05) is 6.54 Å². The molecule has 1 atom stereocenters. The predicted molar refractivity (Wildman–Crippen MR) is 72.2 cm³/mol. The molecule has 0 amide bonds. The van der Waals surface area contributed by atoms with E-state index >= 15 is 0 Å². The fourth-order valence-corrected chi connectivity index (χ4v) is 3.29. The molecule has 1 heterocycles. The van der Waals surface area contributed by atoms with Gasteiger partial charge in [-0.25, -0.2) is 0 Å². The zero-order valence-electron chi connectivity index (χ0n) is 10.2. The fourth-order valence-electron chi connectivity index (χ4n) is 2.50. The van der Waals surface area contributed by atoms with Gasteiger partial charge in [0.25, 0.3) is 0 Å². The molecule has 0 bridgehead atoms. The Labute approximate surface area is 103 Å². The van der Waals surface area contributed by atoms with Crippen LogP contribution < -0.4 is 5.32 Å². The van der Waals surface area contributed by atoms with Crippen LogP contribution in [0.3, 0.4) is 0 Å². The van der Waals surface area contributed by atoms with E-state index in [2.05, 4.69) is 29.8 Å². The third kappa shape index (κ3) is 3.60. The molecule has 0 spiro atoms. The fraction of sp³-hybridized carbons (Fsp3) is 0.714. The van der Waals surface area contributed by atoms with Crippen molar-refractivity contribution >= 4 is 11.3 Å². The maximum absolute atomic E-state index is 3.76. The van der Waals surface area contributed by atoms with Gasteiger partial charge >= 0.3 is 0 Å². The lowest BCUT2D eigenvalue weighted by Crippen LogP contribution is -2.31. The highest BCUT2D eigenvalue weighted by Crippen LogP contribution is 2.21. The molecule has 1 saturated carbocycles. The quantitative estimate of drug-likeness (QED) is 0.775. The Morgan fingerprint density at radius 3 is 2.69 bits per heavy atom. The average Bonchev–Trinajstić information content (AvgIpc) is 2.71. The molecule has 0 aliphatic heterocycles. The summed E-state index contributed by atoms with van der Waals surface area (Å²) in [5.41, 5.74) is 0. The highest BCUT2D eigenvalue weighted by Gasteiger charge is 2.13. The summed E-state index contributed by atoms with van der Waals surface area (Å²) in [6.45, 7) is 3.47. The Morgan fingerprint density at radius 2 is 2.06 bits per heavy atom. The molecule has 90 valence electrons. The molecule has 0 aromatic carbocycles. The highest BCUT2D eigenvalue weighted by atomic mass is 32.1. The second-order valence-corrected chi connectivity index (χ2v) is 5.99. The highest BCUT2D eigenvalue weighted by molar-refractivity contribution is 7.10. The van der Waals surface area contributed by atoms with E-state index in [-0.39, 0.29) is 0 Å². The maximum atomic E-state index is 3.76. The Balaban J connectivity index is 1.73. The first kappa shape index (κ1) is 12.1. The molecule has 1 N–H and O–H groups in total. The number of thiophene rings is 1. The van der Waals surface area contributed by atoms with E-state index in [0.717, 1.165) is 12.6 Å². The van der Waals surface area contributed by atoms with Crippen molar-refractivity contribution in [2.24, 2.45) is 0 Å². The Bertz CT molecular complexity index is 273. The summed E-state index contributed by atoms with van der Waals surface area (Å²) >= 11 is 1.88. The standard InChI is InChI=1S/C14H23NS/c1-12(14-9-6-10-16-14)11-15-13-7-4-2-3-5-8-13/h6,9-10,12-13,15H,2-5,7-8,11H2,1H3. The van der Waals surface area contributed by atoms with Gasteiger partial charge in [-0.05, 0) is 24.3 Å². The molecular formula is C14H23NS. The first-order chi connectivity index (χ1) is 7.86. The summed E-state index contributed by atoms with van der Waals surface area (Å²) in [4.78, 5) is 1.51. The summed E-state index contributed by atoms with van der Waals surface area (Å²) in [5, 5.41) is 5.93. The summed E-state index contributed by atoms with van der Waals surface area (Å²) in [7, 11) is 0. The van der Waals surface area contributed by atoms with E-state index in [9.17, 15) is 0 Å². The van der Waals surface area contributed by atoms with E-state index < -0.39 is 0 Å². The average molecular weight is 237 g/mol. The van der Waals surface area contributed by atoms with E-state index in [4.69, 9.17) is 0 Å². The Kier molecular flexibility index (Phi) is 4.86. The van der Waals surface area contributed by atoms with E-state index in [1.54, 1.807) is 0 Å². The van der Waals surface area contributed by atoms with Crippen LogP contribution in [0.1, 0.15) is 56.2 Å². The molecule has 2 rings (SSSR count). The largest absolute Gasteiger partial charge is 0.313 e. The number of hydrogen-bond acceptors (Lipinski definition) is 2. The van der Waals surface area contributed by atoms with E-state index in [1.165, 1.54) is 43.4 Å². The molecule has 1 aliphatic carbocycles. The minimum atomic E-state index is 0.670. The molecule has 1 nitrogen and oxygen atoms in total. The molecule has 2 heteroatoms. The molecule has 0 saturated heterocycles. The van der Waals surface area contributed by atoms with Crippen molar-refractivity contribution in [3.63, 3.8) is 0 Å². The minimum Gasteiger partial charge on any atom is -0.313 e. The van der Waals surface area contributed by atoms with Crippen molar-refractivity contribution in [3.05, 3.63) is 22.4 Å².